The average Bonchev–Trinajstić information content (AvgIpc) is 3.58. The van der Waals surface area contributed by atoms with E-state index in [0.29, 0.717) is 40.7 Å². The van der Waals surface area contributed by atoms with Gasteiger partial charge in [0.25, 0.3) is 0 Å². The Morgan fingerprint density at radius 2 is 1.77 bits per heavy atom. The molecule has 0 spiro atoms. The van der Waals surface area contributed by atoms with Crippen LogP contribution in [0.1, 0.15) is 32.3 Å². The fourth-order valence-corrected chi connectivity index (χ4v) is 5.12. The lowest BCUT2D eigenvalue weighted by molar-refractivity contribution is -0.134. The Balaban J connectivity index is 1.34. The Morgan fingerprint density at radius 3 is 2.49 bits per heavy atom. The van der Waals surface area contributed by atoms with E-state index in [1.807, 2.05) is 13.0 Å². The van der Waals surface area contributed by atoms with E-state index in [-0.39, 0.29) is 43.8 Å². The first-order valence-electron chi connectivity index (χ1n) is 13.6. The van der Waals surface area contributed by atoms with Crippen molar-refractivity contribution in [1.82, 2.24) is 9.80 Å². The molecular weight excluding hydrogens is 500 g/mol. The largest absolute Gasteiger partial charge is 0.488 e. The number of aliphatic hydroxyl groups excluding tert-OH is 1. The third-order valence-corrected chi connectivity index (χ3v) is 7.56. The molecule has 3 atom stereocenters. The summed E-state index contributed by atoms with van der Waals surface area (Å²) in [5.74, 6) is 2.59. The molecule has 10 nitrogen and oxygen atoms in total. The summed E-state index contributed by atoms with van der Waals surface area (Å²) < 4.78 is 17.3. The van der Waals surface area contributed by atoms with E-state index in [9.17, 15) is 14.7 Å². The van der Waals surface area contributed by atoms with Gasteiger partial charge in [-0.05, 0) is 63.1 Å². The number of ether oxygens (including phenoxy) is 3. The summed E-state index contributed by atoms with van der Waals surface area (Å²) in [6.45, 7) is 6.28. The Hall–Kier alpha value is -3.50. The summed E-state index contributed by atoms with van der Waals surface area (Å²) in [5.41, 5.74) is 1.80. The number of fused-ring (bicyclic) bond motifs is 2. The van der Waals surface area contributed by atoms with Gasteiger partial charge in [-0.2, -0.15) is 0 Å². The van der Waals surface area contributed by atoms with Gasteiger partial charge in [-0.3, -0.25) is 4.79 Å². The van der Waals surface area contributed by atoms with Gasteiger partial charge in [0, 0.05) is 48.6 Å². The molecular formula is C29H38N4O6. The van der Waals surface area contributed by atoms with E-state index in [1.54, 1.807) is 35.2 Å². The first kappa shape index (κ1) is 27.1. The third-order valence-electron chi connectivity index (χ3n) is 7.56. The van der Waals surface area contributed by atoms with Crippen LogP contribution >= 0.6 is 0 Å². The molecule has 1 fully saturated rings. The number of hydrogen-bond acceptors (Lipinski definition) is 7. The van der Waals surface area contributed by atoms with Crippen molar-refractivity contribution < 1.29 is 28.9 Å². The fraction of sp³-hybridized carbons (Fsp3) is 0.517. The number of benzene rings is 2. The molecule has 2 aromatic rings. The van der Waals surface area contributed by atoms with Crippen molar-refractivity contribution in [3.8, 4) is 17.2 Å². The van der Waals surface area contributed by atoms with Crippen LogP contribution < -0.4 is 24.8 Å². The van der Waals surface area contributed by atoms with Gasteiger partial charge in [0.1, 0.15) is 11.9 Å². The minimum atomic E-state index is -0.423. The quantitative estimate of drug-likeness (QED) is 0.471. The maximum Gasteiger partial charge on any atom is 0.323 e. The number of rotatable bonds is 8. The molecule has 3 amide bonds. The van der Waals surface area contributed by atoms with Crippen LogP contribution in [0.5, 0.6) is 17.2 Å². The molecule has 3 aliphatic rings. The molecule has 210 valence electrons. The van der Waals surface area contributed by atoms with Gasteiger partial charge in [0.2, 0.25) is 12.7 Å². The fourth-order valence-electron chi connectivity index (χ4n) is 5.12. The van der Waals surface area contributed by atoms with Gasteiger partial charge in [0.15, 0.2) is 11.5 Å². The maximum absolute atomic E-state index is 13.4. The summed E-state index contributed by atoms with van der Waals surface area (Å²) in [7, 11) is 2.12. The van der Waals surface area contributed by atoms with Crippen LogP contribution in [-0.4, -0.2) is 79.1 Å². The summed E-state index contributed by atoms with van der Waals surface area (Å²) in [6, 6.07) is 9.85. The van der Waals surface area contributed by atoms with Crippen LogP contribution in [0.15, 0.2) is 36.4 Å². The summed E-state index contributed by atoms with van der Waals surface area (Å²) >= 11 is 0. The van der Waals surface area contributed by atoms with Crippen LogP contribution in [-0.2, 0) is 11.2 Å². The van der Waals surface area contributed by atoms with E-state index in [4.69, 9.17) is 14.2 Å². The van der Waals surface area contributed by atoms with Crippen molar-refractivity contribution in [3.63, 3.8) is 0 Å². The zero-order valence-electron chi connectivity index (χ0n) is 22.8. The van der Waals surface area contributed by atoms with Crippen LogP contribution in [0.25, 0.3) is 0 Å². The van der Waals surface area contributed by atoms with E-state index >= 15 is 0 Å². The standard InChI is InChI=1S/C29H38N4O6/c1-18-13-33(19(2)16-34)28(35)11-21-10-22(6-8-24(21)39-27(18)15-32(3)14-20-4-5-20)30-29(36)31-23-7-9-25-26(12-23)38-17-37-25/h6-10,12,18-20,27,34H,4-5,11,13-17H2,1-3H3,(H2,30,31,36)/t18-,19-,27-/m1/s1. The number of nitrogens with one attached hydrogen (secondary N) is 2. The SMILES string of the molecule is C[C@@H]1CN([C@H](C)CO)C(=O)Cc2cc(NC(=O)Nc3ccc4c(c3)OCO4)ccc2O[C@@H]1CN(C)CC1CC1. The van der Waals surface area contributed by atoms with Crippen LogP contribution in [0.2, 0.25) is 0 Å². The van der Waals surface area contributed by atoms with Gasteiger partial charge in [-0.25, -0.2) is 4.79 Å². The second-order valence-electron chi connectivity index (χ2n) is 11.0. The molecule has 3 N–H and O–H groups in total. The number of urea groups is 1. The van der Waals surface area contributed by atoms with Crippen molar-refractivity contribution in [2.24, 2.45) is 11.8 Å². The number of carbonyl (C=O) groups is 2. The second kappa shape index (κ2) is 11.7. The highest BCUT2D eigenvalue weighted by Crippen LogP contribution is 2.35. The first-order chi connectivity index (χ1) is 18.8. The highest BCUT2D eigenvalue weighted by Gasteiger charge is 2.32. The minimum Gasteiger partial charge on any atom is -0.488 e. The number of anilines is 2. The number of likely N-dealkylation sites (N-methyl/N-ethyl adjacent to an activating group) is 1. The zero-order valence-corrected chi connectivity index (χ0v) is 22.8. The smallest absolute Gasteiger partial charge is 0.323 e. The topological polar surface area (TPSA) is 113 Å². The van der Waals surface area contributed by atoms with Crippen LogP contribution in [0.4, 0.5) is 16.2 Å². The molecule has 5 rings (SSSR count). The number of hydrogen-bond donors (Lipinski definition) is 3. The molecule has 2 aliphatic heterocycles. The minimum absolute atomic E-state index is 0.0563. The van der Waals surface area contributed by atoms with Gasteiger partial charge < -0.3 is 39.8 Å². The van der Waals surface area contributed by atoms with Crippen LogP contribution in [0.3, 0.4) is 0 Å². The molecule has 0 radical (unpaired) electrons. The second-order valence-corrected chi connectivity index (χ2v) is 11.0. The number of amides is 3. The molecule has 0 saturated heterocycles. The predicted octanol–water partition coefficient (Wildman–Crippen LogP) is 3.55. The lowest BCUT2D eigenvalue weighted by Gasteiger charge is -2.34. The summed E-state index contributed by atoms with van der Waals surface area (Å²) in [4.78, 5) is 30.2. The molecule has 0 bridgehead atoms. The van der Waals surface area contributed by atoms with Gasteiger partial charge in [-0.15, -0.1) is 0 Å². The molecule has 2 heterocycles. The van der Waals surface area contributed by atoms with Crippen molar-refractivity contribution in [2.75, 3.05) is 50.7 Å². The van der Waals surface area contributed by atoms with E-state index < -0.39 is 6.03 Å². The molecule has 39 heavy (non-hydrogen) atoms. The first-order valence-corrected chi connectivity index (χ1v) is 13.6. The molecule has 2 aromatic carbocycles. The van der Waals surface area contributed by atoms with E-state index in [1.165, 1.54) is 12.8 Å². The maximum atomic E-state index is 13.4. The highest BCUT2D eigenvalue weighted by atomic mass is 16.7. The highest BCUT2D eigenvalue weighted by molar-refractivity contribution is 6.00. The zero-order chi connectivity index (χ0) is 27.5. The van der Waals surface area contributed by atoms with Crippen molar-refractivity contribution >= 4 is 23.3 Å². The van der Waals surface area contributed by atoms with Crippen LogP contribution in [0, 0.1) is 11.8 Å². The van der Waals surface area contributed by atoms with E-state index in [2.05, 4.69) is 29.5 Å². The molecule has 10 heteroatoms. The van der Waals surface area contributed by atoms with Gasteiger partial charge in [-0.1, -0.05) is 6.92 Å². The predicted molar refractivity (Wildman–Crippen MR) is 147 cm³/mol. The van der Waals surface area contributed by atoms with Crippen molar-refractivity contribution in [1.29, 1.82) is 0 Å². The Morgan fingerprint density at radius 1 is 1.08 bits per heavy atom. The Kier molecular flexibility index (Phi) is 8.13. The lowest BCUT2D eigenvalue weighted by Crippen LogP contribution is -2.47. The normalized spacial score (nSPS) is 21.4. The number of aliphatic hydroxyl groups is 1. The molecule has 1 aliphatic carbocycles. The van der Waals surface area contributed by atoms with Gasteiger partial charge >= 0.3 is 6.03 Å². The molecule has 0 aromatic heterocycles. The third kappa shape index (κ3) is 6.75. The Bertz CT molecular complexity index is 1200. The lowest BCUT2D eigenvalue weighted by atomic mass is 10.0. The summed E-state index contributed by atoms with van der Waals surface area (Å²) in [5, 5.41) is 15.5. The Labute approximate surface area is 229 Å². The number of carbonyl (C=O) groups excluding carboxylic acids is 2. The average molecular weight is 539 g/mol. The van der Waals surface area contributed by atoms with Crippen molar-refractivity contribution in [3.05, 3.63) is 42.0 Å². The van der Waals surface area contributed by atoms with E-state index in [0.717, 1.165) is 19.0 Å². The monoisotopic (exact) mass is 538 g/mol. The van der Waals surface area contributed by atoms with Gasteiger partial charge in [0.05, 0.1) is 19.1 Å². The summed E-state index contributed by atoms with van der Waals surface area (Å²) in [6.07, 6.45) is 2.53. The number of nitrogens with zero attached hydrogens (tertiary/aromatic N) is 2. The molecule has 1 saturated carbocycles. The van der Waals surface area contributed by atoms with Crippen molar-refractivity contribution in [2.45, 2.75) is 45.3 Å². The molecule has 0 unspecified atom stereocenters.